The number of benzene rings is 2. The Hall–Kier alpha value is -2.08. The molecule has 0 unspecified atom stereocenters. The Morgan fingerprint density at radius 3 is 2.48 bits per heavy atom. The van der Waals surface area contributed by atoms with Crippen molar-refractivity contribution in [2.45, 2.75) is 44.8 Å². The number of fused-ring (bicyclic) bond motifs is 1. The van der Waals surface area contributed by atoms with Crippen LogP contribution in [0.2, 0.25) is 0 Å². The maximum absolute atomic E-state index is 14.6. The van der Waals surface area contributed by atoms with Gasteiger partial charge in [-0.05, 0) is 74.0 Å². The van der Waals surface area contributed by atoms with E-state index in [9.17, 15) is 17.6 Å². The molecule has 2 N–H and O–H groups in total. The number of halogens is 4. The fraction of sp³-hybridized carbons (Fsp3) is 0.478. The van der Waals surface area contributed by atoms with Gasteiger partial charge in [0, 0.05) is 11.3 Å². The Balaban J connectivity index is 1.98. The van der Waals surface area contributed by atoms with Crippen molar-refractivity contribution in [3.8, 4) is 0 Å². The Morgan fingerprint density at radius 2 is 1.83 bits per heavy atom. The second-order valence-electron chi connectivity index (χ2n) is 8.14. The molecule has 1 aliphatic rings. The maximum atomic E-state index is 14.6. The fourth-order valence-corrected chi connectivity index (χ4v) is 4.42. The zero-order valence-corrected chi connectivity index (χ0v) is 17.0. The van der Waals surface area contributed by atoms with Gasteiger partial charge in [-0.15, -0.1) is 0 Å². The summed E-state index contributed by atoms with van der Waals surface area (Å²) in [6.07, 6.45) is -2.67. The number of nitrogens with one attached hydrogen (secondary N) is 2. The first-order valence-electron chi connectivity index (χ1n) is 10.1. The quantitative estimate of drug-likeness (QED) is 0.543. The molecule has 0 fully saturated rings. The second kappa shape index (κ2) is 8.74. The highest BCUT2D eigenvalue weighted by molar-refractivity contribution is 5.59. The third-order valence-electron chi connectivity index (χ3n) is 6.04. The molecule has 1 heterocycles. The summed E-state index contributed by atoms with van der Waals surface area (Å²) in [5.41, 5.74) is 1.23. The Kier molecular flexibility index (Phi) is 6.52. The molecule has 2 aromatic rings. The lowest BCUT2D eigenvalue weighted by Crippen LogP contribution is -2.32. The average Bonchev–Trinajstić information content (AvgIpc) is 2.67. The van der Waals surface area contributed by atoms with Gasteiger partial charge in [-0.2, -0.15) is 13.2 Å². The maximum Gasteiger partial charge on any atom is 0.416 e. The lowest BCUT2D eigenvalue weighted by atomic mass is 9.73. The number of alkyl halides is 3. The molecule has 2 aromatic carbocycles. The average molecular weight is 408 g/mol. The van der Waals surface area contributed by atoms with Crippen LogP contribution in [0.1, 0.15) is 55.3 Å². The SMILES string of the molecule is CNC[C@H](C)CC[C@@H]1[C@H](C)c2cc(C(F)(F)F)ccc2N[C@H]1c1ccccc1F. The second-order valence-corrected chi connectivity index (χ2v) is 8.14. The van der Waals surface area contributed by atoms with Gasteiger partial charge in [0.1, 0.15) is 5.82 Å². The molecule has 1 aliphatic heterocycles. The molecule has 0 aromatic heterocycles. The number of anilines is 1. The van der Waals surface area contributed by atoms with Gasteiger partial charge in [0.2, 0.25) is 0 Å². The van der Waals surface area contributed by atoms with E-state index in [0.717, 1.165) is 25.5 Å². The van der Waals surface area contributed by atoms with E-state index in [4.69, 9.17) is 0 Å². The van der Waals surface area contributed by atoms with Crippen molar-refractivity contribution in [3.05, 3.63) is 65.0 Å². The summed E-state index contributed by atoms with van der Waals surface area (Å²) in [6.45, 7) is 4.97. The highest BCUT2D eigenvalue weighted by Gasteiger charge is 2.38. The van der Waals surface area contributed by atoms with Crippen LogP contribution in [0.5, 0.6) is 0 Å². The lowest BCUT2D eigenvalue weighted by Gasteiger charge is -2.40. The van der Waals surface area contributed by atoms with E-state index >= 15 is 0 Å². The third kappa shape index (κ3) is 4.74. The summed E-state index contributed by atoms with van der Waals surface area (Å²) >= 11 is 0. The van der Waals surface area contributed by atoms with Crippen molar-refractivity contribution in [1.29, 1.82) is 0 Å². The van der Waals surface area contributed by atoms with E-state index in [2.05, 4.69) is 17.6 Å². The zero-order valence-electron chi connectivity index (χ0n) is 17.0. The summed E-state index contributed by atoms with van der Waals surface area (Å²) in [6, 6.07) is 10.2. The zero-order chi connectivity index (χ0) is 21.2. The monoisotopic (exact) mass is 408 g/mol. The number of hydrogen-bond acceptors (Lipinski definition) is 2. The van der Waals surface area contributed by atoms with E-state index < -0.39 is 11.7 Å². The summed E-state index contributed by atoms with van der Waals surface area (Å²) in [5, 5.41) is 6.50. The highest BCUT2D eigenvalue weighted by atomic mass is 19.4. The van der Waals surface area contributed by atoms with Crippen LogP contribution in [-0.4, -0.2) is 13.6 Å². The minimum atomic E-state index is -4.38. The van der Waals surface area contributed by atoms with E-state index in [-0.39, 0.29) is 23.7 Å². The van der Waals surface area contributed by atoms with Crippen molar-refractivity contribution in [2.75, 3.05) is 18.9 Å². The van der Waals surface area contributed by atoms with Gasteiger partial charge in [-0.25, -0.2) is 4.39 Å². The molecule has 0 spiro atoms. The van der Waals surface area contributed by atoms with Crippen LogP contribution < -0.4 is 10.6 Å². The molecule has 0 aliphatic carbocycles. The van der Waals surface area contributed by atoms with E-state index in [0.29, 0.717) is 22.7 Å². The smallest absolute Gasteiger partial charge is 0.378 e. The van der Waals surface area contributed by atoms with Crippen molar-refractivity contribution >= 4 is 5.69 Å². The van der Waals surface area contributed by atoms with Gasteiger partial charge in [0.15, 0.2) is 0 Å². The molecule has 3 rings (SSSR count). The molecule has 29 heavy (non-hydrogen) atoms. The minimum Gasteiger partial charge on any atom is -0.378 e. The van der Waals surface area contributed by atoms with Gasteiger partial charge in [-0.3, -0.25) is 0 Å². The van der Waals surface area contributed by atoms with Gasteiger partial charge >= 0.3 is 6.18 Å². The van der Waals surface area contributed by atoms with Crippen LogP contribution in [0.4, 0.5) is 23.2 Å². The van der Waals surface area contributed by atoms with Crippen molar-refractivity contribution in [2.24, 2.45) is 11.8 Å². The minimum absolute atomic E-state index is 0.0119. The van der Waals surface area contributed by atoms with Gasteiger partial charge in [0.25, 0.3) is 0 Å². The predicted octanol–water partition coefficient (Wildman–Crippen LogP) is 6.37. The molecule has 0 saturated carbocycles. The summed E-state index contributed by atoms with van der Waals surface area (Å²) in [5.74, 6) is -0.000608. The molecule has 6 heteroatoms. The first-order chi connectivity index (χ1) is 13.7. The molecule has 4 atom stereocenters. The first kappa shape index (κ1) is 21.6. The first-order valence-corrected chi connectivity index (χ1v) is 10.1. The topological polar surface area (TPSA) is 24.1 Å². The fourth-order valence-electron chi connectivity index (χ4n) is 4.42. The Bertz CT molecular complexity index is 834. The highest BCUT2D eigenvalue weighted by Crippen LogP contribution is 2.48. The standard InChI is InChI=1S/C23H28F4N2/c1-14(13-28-3)8-10-17-15(2)19-12-16(23(25,26)27)9-11-21(19)29-22(17)18-6-4-5-7-20(18)24/h4-7,9,11-12,14-15,17,22,28-29H,8,10,13H2,1-3H3/t14-,15+,17-,22-/m1/s1. The molecule has 2 nitrogen and oxygen atoms in total. The summed E-state index contributed by atoms with van der Waals surface area (Å²) in [7, 11) is 1.90. The van der Waals surface area contributed by atoms with Crippen LogP contribution >= 0.6 is 0 Å². The normalized spacial score (nSPS) is 22.7. The molecular weight excluding hydrogens is 380 g/mol. The summed E-state index contributed by atoms with van der Waals surface area (Å²) < 4.78 is 54.3. The molecule has 0 amide bonds. The van der Waals surface area contributed by atoms with E-state index in [1.165, 1.54) is 18.2 Å². The summed E-state index contributed by atoms with van der Waals surface area (Å²) in [4.78, 5) is 0. The Morgan fingerprint density at radius 1 is 1.10 bits per heavy atom. The van der Waals surface area contributed by atoms with Gasteiger partial charge in [0.05, 0.1) is 11.6 Å². The van der Waals surface area contributed by atoms with Crippen LogP contribution in [0.25, 0.3) is 0 Å². The number of rotatable bonds is 6. The predicted molar refractivity (Wildman–Crippen MR) is 108 cm³/mol. The van der Waals surface area contributed by atoms with Crippen LogP contribution in [-0.2, 0) is 6.18 Å². The van der Waals surface area contributed by atoms with Crippen molar-refractivity contribution < 1.29 is 17.6 Å². The largest absolute Gasteiger partial charge is 0.416 e. The van der Waals surface area contributed by atoms with Crippen molar-refractivity contribution in [3.63, 3.8) is 0 Å². The van der Waals surface area contributed by atoms with Crippen LogP contribution in [0, 0.1) is 17.7 Å². The molecule has 0 bridgehead atoms. The molecule has 158 valence electrons. The van der Waals surface area contributed by atoms with Crippen molar-refractivity contribution in [1.82, 2.24) is 5.32 Å². The lowest BCUT2D eigenvalue weighted by molar-refractivity contribution is -0.137. The Labute approximate surface area is 169 Å². The molecular formula is C23H28F4N2. The van der Waals surface area contributed by atoms with E-state index in [1.807, 2.05) is 14.0 Å². The van der Waals surface area contributed by atoms with Crippen LogP contribution in [0.3, 0.4) is 0 Å². The van der Waals surface area contributed by atoms with E-state index in [1.54, 1.807) is 18.2 Å². The van der Waals surface area contributed by atoms with Crippen LogP contribution in [0.15, 0.2) is 42.5 Å². The van der Waals surface area contributed by atoms with Gasteiger partial charge in [-0.1, -0.05) is 32.0 Å². The molecule has 0 radical (unpaired) electrons. The third-order valence-corrected chi connectivity index (χ3v) is 6.04. The molecule has 0 saturated heterocycles. The van der Waals surface area contributed by atoms with Gasteiger partial charge < -0.3 is 10.6 Å². The number of hydrogen-bond donors (Lipinski definition) is 2.